The molecule has 0 amide bonds. The summed E-state index contributed by atoms with van der Waals surface area (Å²) >= 11 is 5.78. The van der Waals surface area contributed by atoms with E-state index in [1.807, 2.05) is 16.9 Å². The second kappa shape index (κ2) is 5.07. The Hall–Kier alpha value is -0.760. The summed E-state index contributed by atoms with van der Waals surface area (Å²) in [6.07, 6.45) is 4.93. The van der Waals surface area contributed by atoms with Gasteiger partial charge in [-0.1, -0.05) is 12.5 Å². The van der Waals surface area contributed by atoms with E-state index >= 15 is 0 Å². The normalized spacial score (nSPS) is 12.1. The number of allylic oxidation sites excluding steroid dienone is 1. The molecule has 0 aromatic carbocycles. The molecule has 1 aromatic heterocycles. The van der Waals surface area contributed by atoms with Gasteiger partial charge in [-0.2, -0.15) is 5.10 Å². The summed E-state index contributed by atoms with van der Waals surface area (Å²) in [7, 11) is 0. The van der Waals surface area contributed by atoms with E-state index in [0.29, 0.717) is 5.88 Å². The fraction of sp³-hybridized carbons (Fsp3) is 0.500. The Morgan fingerprint density at radius 1 is 1.62 bits per heavy atom. The molecule has 0 atom stereocenters. The number of hydrogen-bond acceptors (Lipinski definition) is 1. The Labute approximate surface area is 84.2 Å². The van der Waals surface area contributed by atoms with Crippen LogP contribution < -0.4 is 0 Å². The topological polar surface area (TPSA) is 17.8 Å². The molecule has 0 radical (unpaired) electrons. The number of hydrogen-bond donors (Lipinski definition) is 0. The van der Waals surface area contributed by atoms with E-state index in [1.54, 1.807) is 0 Å². The van der Waals surface area contributed by atoms with Crippen LogP contribution in [0.25, 0.3) is 6.08 Å². The maximum Gasteiger partial charge on any atom is 0.0609 e. The maximum absolute atomic E-state index is 5.78. The summed E-state index contributed by atoms with van der Waals surface area (Å²) in [6, 6.07) is 2.01. The lowest BCUT2D eigenvalue weighted by molar-refractivity contribution is 0.653. The number of alkyl halides is 1. The van der Waals surface area contributed by atoms with Crippen LogP contribution in [0.4, 0.5) is 0 Å². The van der Waals surface area contributed by atoms with Crippen LogP contribution in [0.2, 0.25) is 0 Å². The Morgan fingerprint density at radius 3 is 2.92 bits per heavy atom. The summed E-state index contributed by atoms with van der Waals surface area (Å²) in [5, 5.41) is 4.19. The Bertz CT molecular complexity index is 283. The highest BCUT2D eigenvalue weighted by atomic mass is 35.5. The zero-order valence-corrected chi connectivity index (χ0v) is 8.88. The van der Waals surface area contributed by atoms with E-state index in [2.05, 4.69) is 25.0 Å². The molecule has 0 bridgehead atoms. The van der Waals surface area contributed by atoms with Gasteiger partial charge in [0.1, 0.15) is 0 Å². The van der Waals surface area contributed by atoms with Crippen LogP contribution in [0.3, 0.4) is 0 Å². The van der Waals surface area contributed by atoms with Crippen molar-refractivity contribution in [2.24, 2.45) is 0 Å². The van der Waals surface area contributed by atoms with Gasteiger partial charge in [-0.25, -0.2) is 0 Å². The van der Waals surface area contributed by atoms with Gasteiger partial charge in [0.05, 0.1) is 5.69 Å². The molecule has 2 nitrogen and oxygen atoms in total. The fourth-order valence-electron chi connectivity index (χ4n) is 1.17. The van der Waals surface area contributed by atoms with E-state index in [4.69, 9.17) is 11.6 Å². The molecule has 0 saturated carbocycles. The molecule has 0 fully saturated rings. The third kappa shape index (κ3) is 2.59. The van der Waals surface area contributed by atoms with Crippen molar-refractivity contribution in [3.63, 3.8) is 0 Å². The van der Waals surface area contributed by atoms with Crippen LogP contribution in [0, 0.1) is 0 Å². The van der Waals surface area contributed by atoms with Gasteiger partial charge in [0.15, 0.2) is 0 Å². The SMILES string of the molecule is CCC(=Cc1ccnn1CC)CCl. The van der Waals surface area contributed by atoms with E-state index in [1.165, 1.54) is 5.57 Å². The van der Waals surface area contributed by atoms with Gasteiger partial charge in [-0.05, 0) is 25.5 Å². The minimum atomic E-state index is 0.603. The minimum Gasteiger partial charge on any atom is -0.266 e. The highest BCUT2D eigenvalue weighted by Gasteiger charge is 1.98. The molecule has 0 saturated heterocycles. The molecule has 0 aliphatic carbocycles. The van der Waals surface area contributed by atoms with Crippen molar-refractivity contribution in [1.82, 2.24) is 9.78 Å². The van der Waals surface area contributed by atoms with Gasteiger partial charge in [0.25, 0.3) is 0 Å². The van der Waals surface area contributed by atoms with Gasteiger partial charge < -0.3 is 0 Å². The first-order valence-electron chi connectivity index (χ1n) is 4.59. The average molecular weight is 199 g/mol. The van der Waals surface area contributed by atoms with Crippen molar-refractivity contribution < 1.29 is 0 Å². The molecule has 1 heterocycles. The Balaban J connectivity index is 2.88. The number of nitrogens with zero attached hydrogens (tertiary/aromatic N) is 2. The maximum atomic E-state index is 5.78. The van der Waals surface area contributed by atoms with E-state index in [9.17, 15) is 0 Å². The minimum absolute atomic E-state index is 0.603. The van der Waals surface area contributed by atoms with Crippen molar-refractivity contribution in [2.45, 2.75) is 26.8 Å². The average Bonchev–Trinajstić information content (AvgIpc) is 2.61. The number of aryl methyl sites for hydroxylation is 1. The van der Waals surface area contributed by atoms with Crippen LogP contribution in [-0.4, -0.2) is 15.7 Å². The first-order valence-corrected chi connectivity index (χ1v) is 5.12. The van der Waals surface area contributed by atoms with Crippen molar-refractivity contribution in [2.75, 3.05) is 5.88 Å². The van der Waals surface area contributed by atoms with Crippen LogP contribution in [0.1, 0.15) is 26.0 Å². The number of halogens is 1. The molecule has 72 valence electrons. The van der Waals surface area contributed by atoms with Crippen molar-refractivity contribution in [3.05, 3.63) is 23.5 Å². The molecule has 13 heavy (non-hydrogen) atoms. The fourth-order valence-corrected chi connectivity index (χ4v) is 1.44. The largest absolute Gasteiger partial charge is 0.266 e. The summed E-state index contributed by atoms with van der Waals surface area (Å²) in [4.78, 5) is 0. The van der Waals surface area contributed by atoms with E-state index in [-0.39, 0.29) is 0 Å². The second-order valence-electron chi connectivity index (χ2n) is 2.86. The van der Waals surface area contributed by atoms with Gasteiger partial charge in [-0.15, -0.1) is 11.6 Å². The van der Waals surface area contributed by atoms with Crippen LogP contribution in [0.15, 0.2) is 17.8 Å². The van der Waals surface area contributed by atoms with Crippen molar-refractivity contribution >= 4 is 17.7 Å². The molecule has 0 spiro atoms. The third-order valence-electron chi connectivity index (χ3n) is 2.03. The van der Waals surface area contributed by atoms with Gasteiger partial charge >= 0.3 is 0 Å². The Kier molecular flexibility index (Phi) is 4.03. The van der Waals surface area contributed by atoms with Crippen molar-refractivity contribution in [3.8, 4) is 0 Å². The molecule has 0 aliphatic heterocycles. The van der Waals surface area contributed by atoms with Crippen LogP contribution >= 0.6 is 11.6 Å². The highest BCUT2D eigenvalue weighted by Crippen LogP contribution is 2.10. The molecule has 1 rings (SSSR count). The standard InChI is InChI=1S/C10H15ClN2/c1-3-9(8-11)7-10-5-6-12-13(10)4-2/h5-7H,3-4,8H2,1-2H3. The lowest BCUT2D eigenvalue weighted by atomic mass is 10.2. The lowest BCUT2D eigenvalue weighted by Crippen LogP contribution is -1.99. The first kappa shape index (κ1) is 10.3. The number of rotatable bonds is 4. The molecular formula is C10H15ClN2. The highest BCUT2D eigenvalue weighted by molar-refractivity contribution is 6.19. The molecule has 0 unspecified atom stereocenters. The zero-order valence-electron chi connectivity index (χ0n) is 8.13. The number of aromatic nitrogens is 2. The molecule has 3 heteroatoms. The summed E-state index contributed by atoms with van der Waals surface area (Å²) < 4.78 is 1.96. The predicted octanol–water partition coefficient (Wildman–Crippen LogP) is 2.94. The zero-order chi connectivity index (χ0) is 9.68. The summed E-state index contributed by atoms with van der Waals surface area (Å²) in [6.45, 7) is 5.09. The van der Waals surface area contributed by atoms with Gasteiger partial charge in [-0.3, -0.25) is 4.68 Å². The quantitative estimate of drug-likeness (QED) is 0.681. The molecule has 0 aliphatic rings. The van der Waals surface area contributed by atoms with Crippen LogP contribution in [0.5, 0.6) is 0 Å². The smallest absolute Gasteiger partial charge is 0.0609 e. The first-order chi connectivity index (χ1) is 6.31. The molecule has 1 aromatic rings. The Morgan fingerprint density at radius 2 is 2.38 bits per heavy atom. The third-order valence-corrected chi connectivity index (χ3v) is 2.37. The lowest BCUT2D eigenvalue weighted by Gasteiger charge is -2.02. The van der Waals surface area contributed by atoms with Gasteiger partial charge in [0, 0.05) is 18.6 Å². The van der Waals surface area contributed by atoms with E-state index in [0.717, 1.165) is 18.7 Å². The second-order valence-corrected chi connectivity index (χ2v) is 3.13. The monoisotopic (exact) mass is 198 g/mol. The van der Waals surface area contributed by atoms with Gasteiger partial charge in [0.2, 0.25) is 0 Å². The van der Waals surface area contributed by atoms with E-state index < -0.39 is 0 Å². The summed E-state index contributed by atoms with van der Waals surface area (Å²) in [5.41, 5.74) is 2.39. The summed E-state index contributed by atoms with van der Waals surface area (Å²) in [5.74, 6) is 0.603. The molecular weight excluding hydrogens is 184 g/mol. The predicted molar refractivity (Wildman–Crippen MR) is 56.9 cm³/mol. The van der Waals surface area contributed by atoms with Crippen molar-refractivity contribution in [1.29, 1.82) is 0 Å². The van der Waals surface area contributed by atoms with Crippen LogP contribution in [-0.2, 0) is 6.54 Å². The molecule has 0 N–H and O–H groups in total.